The second-order valence-corrected chi connectivity index (χ2v) is 3.96. The maximum atomic E-state index is 5.95. The highest BCUT2D eigenvalue weighted by Crippen LogP contribution is 2.21. The van der Waals surface area contributed by atoms with E-state index in [1.807, 2.05) is 12.3 Å². The average molecular weight is 191 g/mol. The maximum absolute atomic E-state index is 5.95. The van der Waals surface area contributed by atoms with Crippen LogP contribution in [0.25, 0.3) is 0 Å². The van der Waals surface area contributed by atoms with Crippen molar-refractivity contribution >= 4 is 5.69 Å². The van der Waals surface area contributed by atoms with E-state index >= 15 is 0 Å². The fourth-order valence-electron chi connectivity index (χ4n) is 2.04. The van der Waals surface area contributed by atoms with E-state index in [1.54, 1.807) is 0 Å². The lowest BCUT2D eigenvalue weighted by molar-refractivity contribution is 0.505. The van der Waals surface area contributed by atoms with Gasteiger partial charge in [0, 0.05) is 25.3 Å². The van der Waals surface area contributed by atoms with Gasteiger partial charge < -0.3 is 10.6 Å². The number of piperidine rings is 1. The van der Waals surface area contributed by atoms with E-state index in [9.17, 15) is 0 Å². The van der Waals surface area contributed by atoms with Crippen molar-refractivity contribution in [3.05, 3.63) is 24.0 Å². The molecule has 1 aromatic heterocycles. The van der Waals surface area contributed by atoms with Crippen molar-refractivity contribution in [1.29, 1.82) is 0 Å². The molecular weight excluding hydrogens is 174 g/mol. The van der Waals surface area contributed by atoms with Crippen LogP contribution in [-0.4, -0.2) is 24.1 Å². The van der Waals surface area contributed by atoms with Crippen molar-refractivity contribution in [3.8, 4) is 0 Å². The van der Waals surface area contributed by atoms with Gasteiger partial charge in [0.15, 0.2) is 0 Å². The molecule has 1 aliphatic rings. The first-order valence-corrected chi connectivity index (χ1v) is 5.19. The van der Waals surface area contributed by atoms with Crippen molar-refractivity contribution in [1.82, 2.24) is 4.98 Å². The number of hydrogen-bond donors (Lipinski definition) is 1. The fraction of sp³-hybridized carbons (Fsp3) is 0.545. The van der Waals surface area contributed by atoms with Gasteiger partial charge in [-0.1, -0.05) is 0 Å². The van der Waals surface area contributed by atoms with Gasteiger partial charge in [-0.25, -0.2) is 0 Å². The Bertz CT molecular complexity index is 311. The highest BCUT2D eigenvalue weighted by atomic mass is 15.2. The van der Waals surface area contributed by atoms with Gasteiger partial charge in [-0.2, -0.15) is 0 Å². The number of anilines is 1. The topological polar surface area (TPSA) is 42.2 Å². The third kappa shape index (κ3) is 1.87. The van der Waals surface area contributed by atoms with Gasteiger partial charge in [-0.15, -0.1) is 0 Å². The van der Waals surface area contributed by atoms with Gasteiger partial charge in [0.2, 0.25) is 0 Å². The molecule has 0 spiro atoms. The second kappa shape index (κ2) is 3.96. The molecule has 0 saturated carbocycles. The summed E-state index contributed by atoms with van der Waals surface area (Å²) >= 11 is 0. The molecule has 1 fully saturated rings. The van der Waals surface area contributed by atoms with Crippen molar-refractivity contribution in [2.75, 3.05) is 18.0 Å². The third-order valence-electron chi connectivity index (χ3n) is 2.78. The molecule has 1 aliphatic heterocycles. The Kier molecular flexibility index (Phi) is 2.68. The zero-order valence-electron chi connectivity index (χ0n) is 8.61. The molecule has 1 unspecified atom stereocenters. The quantitative estimate of drug-likeness (QED) is 0.728. The van der Waals surface area contributed by atoms with Gasteiger partial charge in [-0.3, -0.25) is 4.98 Å². The summed E-state index contributed by atoms with van der Waals surface area (Å²) in [5, 5.41) is 0. The number of pyridine rings is 1. The Morgan fingerprint density at radius 1 is 1.57 bits per heavy atom. The first kappa shape index (κ1) is 9.46. The SMILES string of the molecule is Cc1ncccc1N1CCCC(N)C1. The molecule has 0 bridgehead atoms. The molecule has 1 atom stereocenters. The first-order valence-electron chi connectivity index (χ1n) is 5.19. The summed E-state index contributed by atoms with van der Waals surface area (Å²) in [4.78, 5) is 6.64. The van der Waals surface area contributed by atoms with Gasteiger partial charge >= 0.3 is 0 Å². The fourth-order valence-corrected chi connectivity index (χ4v) is 2.04. The van der Waals surface area contributed by atoms with E-state index in [2.05, 4.69) is 22.9 Å². The average Bonchev–Trinajstić information content (AvgIpc) is 2.18. The summed E-state index contributed by atoms with van der Waals surface area (Å²) in [5.74, 6) is 0. The molecule has 0 radical (unpaired) electrons. The van der Waals surface area contributed by atoms with Crippen LogP contribution in [0.15, 0.2) is 18.3 Å². The van der Waals surface area contributed by atoms with E-state index in [-0.39, 0.29) is 0 Å². The standard InChI is InChI=1S/C11H17N3/c1-9-11(5-2-6-13-9)14-7-3-4-10(12)8-14/h2,5-6,10H,3-4,7-8,12H2,1H3. The summed E-state index contributed by atoms with van der Waals surface area (Å²) < 4.78 is 0. The molecular formula is C11H17N3. The molecule has 0 amide bonds. The number of nitrogens with zero attached hydrogens (tertiary/aromatic N) is 2. The highest BCUT2D eigenvalue weighted by Gasteiger charge is 2.17. The van der Waals surface area contributed by atoms with Crippen molar-refractivity contribution < 1.29 is 0 Å². The number of nitrogens with two attached hydrogens (primary N) is 1. The van der Waals surface area contributed by atoms with E-state index < -0.39 is 0 Å². The summed E-state index contributed by atoms with van der Waals surface area (Å²) in [6, 6.07) is 4.44. The Balaban J connectivity index is 2.18. The van der Waals surface area contributed by atoms with Crippen molar-refractivity contribution in [3.63, 3.8) is 0 Å². The van der Waals surface area contributed by atoms with Gasteiger partial charge in [0.05, 0.1) is 11.4 Å². The molecule has 0 aliphatic carbocycles. The van der Waals surface area contributed by atoms with Gasteiger partial charge in [0.25, 0.3) is 0 Å². The van der Waals surface area contributed by atoms with Gasteiger partial charge in [0.1, 0.15) is 0 Å². The largest absolute Gasteiger partial charge is 0.369 e. The van der Waals surface area contributed by atoms with E-state index in [4.69, 9.17) is 5.73 Å². The van der Waals surface area contributed by atoms with Crippen molar-refractivity contribution in [2.24, 2.45) is 5.73 Å². The van der Waals surface area contributed by atoms with E-state index in [0.29, 0.717) is 6.04 Å². The van der Waals surface area contributed by atoms with Crippen molar-refractivity contribution in [2.45, 2.75) is 25.8 Å². The molecule has 0 aromatic carbocycles. The molecule has 2 rings (SSSR count). The molecule has 3 heteroatoms. The Hall–Kier alpha value is -1.09. The molecule has 14 heavy (non-hydrogen) atoms. The first-order chi connectivity index (χ1) is 6.77. The van der Waals surface area contributed by atoms with Crippen LogP contribution in [0.3, 0.4) is 0 Å². The Morgan fingerprint density at radius 3 is 3.14 bits per heavy atom. The lowest BCUT2D eigenvalue weighted by atomic mass is 10.1. The molecule has 2 heterocycles. The normalized spacial score (nSPS) is 22.4. The summed E-state index contributed by atoms with van der Waals surface area (Å²) in [6.45, 7) is 4.13. The lowest BCUT2D eigenvalue weighted by Gasteiger charge is -2.33. The zero-order valence-corrected chi connectivity index (χ0v) is 8.61. The molecule has 1 saturated heterocycles. The highest BCUT2D eigenvalue weighted by molar-refractivity contribution is 5.50. The van der Waals surface area contributed by atoms with E-state index in [0.717, 1.165) is 25.2 Å². The number of aryl methyl sites for hydroxylation is 1. The summed E-state index contributed by atoms with van der Waals surface area (Å²) in [7, 11) is 0. The van der Waals surface area contributed by atoms with Crippen LogP contribution in [0, 0.1) is 6.92 Å². The lowest BCUT2D eigenvalue weighted by Crippen LogP contribution is -2.43. The summed E-state index contributed by atoms with van der Waals surface area (Å²) in [5.41, 5.74) is 8.29. The molecule has 76 valence electrons. The Labute approximate surface area is 84.9 Å². The van der Waals surface area contributed by atoms with Crippen LogP contribution in [-0.2, 0) is 0 Å². The summed E-state index contributed by atoms with van der Waals surface area (Å²) in [6.07, 6.45) is 4.17. The Morgan fingerprint density at radius 2 is 2.43 bits per heavy atom. The number of aromatic nitrogens is 1. The predicted octanol–water partition coefficient (Wildman–Crippen LogP) is 1.32. The zero-order chi connectivity index (χ0) is 9.97. The second-order valence-electron chi connectivity index (χ2n) is 3.96. The van der Waals surface area contributed by atoms with Gasteiger partial charge in [-0.05, 0) is 31.9 Å². The van der Waals surface area contributed by atoms with Crippen LogP contribution in [0.4, 0.5) is 5.69 Å². The monoisotopic (exact) mass is 191 g/mol. The smallest absolute Gasteiger partial charge is 0.0605 e. The minimum absolute atomic E-state index is 0.323. The molecule has 2 N–H and O–H groups in total. The maximum Gasteiger partial charge on any atom is 0.0605 e. The van der Waals surface area contributed by atoms with E-state index in [1.165, 1.54) is 12.1 Å². The third-order valence-corrected chi connectivity index (χ3v) is 2.78. The van der Waals surface area contributed by atoms with Crippen LogP contribution >= 0.6 is 0 Å². The minimum atomic E-state index is 0.323. The van der Waals surface area contributed by atoms with Crippen LogP contribution < -0.4 is 10.6 Å². The van der Waals surface area contributed by atoms with Crippen LogP contribution in [0.2, 0.25) is 0 Å². The predicted molar refractivity (Wildman–Crippen MR) is 58.4 cm³/mol. The minimum Gasteiger partial charge on any atom is -0.369 e. The molecule has 3 nitrogen and oxygen atoms in total. The van der Waals surface area contributed by atoms with Crippen LogP contribution in [0.5, 0.6) is 0 Å². The van der Waals surface area contributed by atoms with Crippen LogP contribution in [0.1, 0.15) is 18.5 Å². The number of hydrogen-bond acceptors (Lipinski definition) is 3. The molecule has 1 aromatic rings. The number of rotatable bonds is 1.